The number of aromatic nitrogens is 4. The molecule has 5 aromatic heterocycles. The average Bonchev–Trinajstić information content (AvgIpc) is 3.79. The number of rotatable bonds is 9. The normalized spacial score (nSPS) is 11.3. The van der Waals surface area contributed by atoms with Crippen LogP contribution in [-0.2, 0) is 0 Å². The van der Waals surface area contributed by atoms with Crippen LogP contribution >= 0.6 is 0 Å². The summed E-state index contributed by atoms with van der Waals surface area (Å²) in [5.74, 6) is 0. The van der Waals surface area contributed by atoms with Gasteiger partial charge in [0.25, 0.3) is 0 Å². The quantitative estimate of drug-likeness (QED) is 0.145. The molecule has 0 aliphatic carbocycles. The topological polar surface area (TPSA) is 64.7 Å². The largest absolute Gasteiger partial charge is 0.437 e. The molecule has 0 atom stereocenters. The molecule has 12 rings (SSSR count). The van der Waals surface area contributed by atoms with Crippen molar-refractivity contribution in [2.45, 2.75) is 6.92 Å². The zero-order chi connectivity index (χ0) is 45.4. The van der Waals surface area contributed by atoms with E-state index in [9.17, 15) is 0 Å². The Bertz CT molecular complexity index is 3620. The molecule has 7 aromatic carbocycles. The Morgan fingerprint density at radius 1 is 0.294 bits per heavy atom. The summed E-state index contributed by atoms with van der Waals surface area (Å²) in [5, 5.41) is 2.03. The molecule has 0 spiro atoms. The van der Waals surface area contributed by atoms with E-state index in [1.807, 2.05) is 68.0 Å². The Kier molecular flexibility index (Phi) is 10.3. The maximum atomic E-state index is 6.37. The SMILES string of the molecule is Cc1ccc2c(n1)oc1c(-c3ccc(-c4ccccc4-c4cc(-c5ccccc5-c5ccc(-c6ccccc6)nc5)cc(-c5ccccc5-c5ccc(-c6ccccc6)nc5)c4)cn3)cccc12. The summed E-state index contributed by atoms with van der Waals surface area (Å²) in [6, 6.07) is 76.7. The van der Waals surface area contributed by atoms with Crippen molar-refractivity contribution in [2.75, 3.05) is 0 Å². The van der Waals surface area contributed by atoms with E-state index in [-0.39, 0.29) is 0 Å². The monoisotopic (exact) mass is 870 g/mol. The predicted octanol–water partition coefficient (Wildman–Crippen LogP) is 16.5. The van der Waals surface area contributed by atoms with Crippen LogP contribution in [0.4, 0.5) is 0 Å². The minimum atomic E-state index is 0.639. The molecule has 320 valence electrons. The van der Waals surface area contributed by atoms with E-state index in [0.29, 0.717) is 5.71 Å². The first-order chi connectivity index (χ1) is 33.6. The van der Waals surface area contributed by atoms with Crippen molar-refractivity contribution in [2.24, 2.45) is 0 Å². The summed E-state index contributed by atoms with van der Waals surface area (Å²) in [5.41, 5.74) is 21.2. The smallest absolute Gasteiger partial charge is 0.227 e. The number of pyridine rings is 4. The van der Waals surface area contributed by atoms with Crippen LogP contribution in [0.2, 0.25) is 0 Å². The highest BCUT2D eigenvalue weighted by Crippen LogP contribution is 2.43. The van der Waals surface area contributed by atoms with Gasteiger partial charge in [-0.3, -0.25) is 15.0 Å². The highest BCUT2D eigenvalue weighted by Gasteiger charge is 2.18. The average molecular weight is 871 g/mol. The molecular weight excluding hydrogens is 829 g/mol. The highest BCUT2D eigenvalue weighted by molar-refractivity contribution is 6.08. The zero-order valence-corrected chi connectivity index (χ0v) is 37.2. The van der Waals surface area contributed by atoms with Crippen LogP contribution < -0.4 is 0 Å². The first kappa shape index (κ1) is 40.4. The molecule has 0 aliphatic heterocycles. The number of nitrogens with zero attached hydrogens (tertiary/aromatic N) is 4. The van der Waals surface area contributed by atoms with Crippen LogP contribution in [-0.4, -0.2) is 19.9 Å². The van der Waals surface area contributed by atoms with Crippen LogP contribution in [0.3, 0.4) is 0 Å². The van der Waals surface area contributed by atoms with Crippen molar-refractivity contribution in [3.63, 3.8) is 0 Å². The molecule has 0 radical (unpaired) electrons. The first-order valence-corrected chi connectivity index (χ1v) is 22.8. The van der Waals surface area contributed by atoms with Crippen molar-refractivity contribution in [1.29, 1.82) is 0 Å². The summed E-state index contributed by atoms with van der Waals surface area (Å²) < 4.78 is 6.37. The fourth-order valence-electron chi connectivity index (χ4n) is 9.41. The van der Waals surface area contributed by atoms with Gasteiger partial charge in [0.15, 0.2) is 0 Å². The van der Waals surface area contributed by atoms with Crippen molar-refractivity contribution < 1.29 is 4.42 Å². The minimum absolute atomic E-state index is 0.639. The van der Waals surface area contributed by atoms with Gasteiger partial charge in [-0.25, -0.2) is 4.98 Å². The van der Waals surface area contributed by atoms with E-state index in [0.717, 1.165) is 123 Å². The molecule has 5 heteroatoms. The van der Waals surface area contributed by atoms with Crippen LogP contribution in [0.25, 0.3) is 123 Å². The third-order valence-corrected chi connectivity index (χ3v) is 12.8. The van der Waals surface area contributed by atoms with E-state index >= 15 is 0 Å². The van der Waals surface area contributed by atoms with Crippen LogP contribution in [0.5, 0.6) is 0 Å². The van der Waals surface area contributed by atoms with E-state index in [2.05, 4.69) is 181 Å². The van der Waals surface area contributed by atoms with E-state index in [1.54, 1.807) is 0 Å². The lowest BCUT2D eigenvalue weighted by Crippen LogP contribution is -1.93. The summed E-state index contributed by atoms with van der Waals surface area (Å²) in [6.45, 7) is 1.98. The van der Waals surface area contributed by atoms with Crippen LogP contribution in [0, 0.1) is 6.92 Å². The third-order valence-electron chi connectivity index (χ3n) is 12.8. The minimum Gasteiger partial charge on any atom is -0.437 e. The zero-order valence-electron chi connectivity index (χ0n) is 37.2. The highest BCUT2D eigenvalue weighted by atomic mass is 16.3. The maximum absolute atomic E-state index is 6.37. The molecule has 0 N–H and O–H groups in total. The van der Waals surface area contributed by atoms with Gasteiger partial charge in [0.1, 0.15) is 5.58 Å². The third kappa shape index (κ3) is 7.62. The number of fused-ring (bicyclic) bond motifs is 3. The van der Waals surface area contributed by atoms with Crippen molar-refractivity contribution in [3.05, 3.63) is 243 Å². The van der Waals surface area contributed by atoms with Gasteiger partial charge in [-0.1, -0.05) is 164 Å². The van der Waals surface area contributed by atoms with Crippen molar-refractivity contribution in [1.82, 2.24) is 19.9 Å². The van der Waals surface area contributed by atoms with Gasteiger partial charge in [0.2, 0.25) is 5.71 Å². The molecule has 5 heterocycles. The summed E-state index contributed by atoms with van der Waals surface area (Å²) in [7, 11) is 0. The predicted molar refractivity (Wildman–Crippen MR) is 279 cm³/mol. The standard InChI is InChI=1S/C63H42N4O/c1-41-27-31-57-56-25-14-26-58(62(56)68-63(57)67-41)61-34-30-46(40-66-61)52-21-10-13-24-55(52)49-36-47(53-22-11-8-19-50(53)44-28-32-59(64-38-44)42-15-4-2-5-16-42)35-48(37-49)54-23-12-9-20-51(54)45-29-33-60(65-39-45)43-17-6-3-7-18-43/h2-40H,1H3. The Morgan fingerprint density at radius 3 is 1.12 bits per heavy atom. The van der Waals surface area contributed by atoms with Gasteiger partial charge in [-0.2, -0.15) is 0 Å². The lowest BCUT2D eigenvalue weighted by atomic mass is 9.86. The lowest BCUT2D eigenvalue weighted by Gasteiger charge is -2.18. The second-order valence-corrected chi connectivity index (χ2v) is 17.1. The molecule has 0 amide bonds. The fraction of sp³-hybridized carbons (Fsp3) is 0.0159. The molecule has 0 unspecified atom stereocenters. The first-order valence-electron chi connectivity index (χ1n) is 22.8. The van der Waals surface area contributed by atoms with Crippen molar-refractivity contribution in [3.8, 4) is 101 Å². The maximum Gasteiger partial charge on any atom is 0.227 e. The molecule has 0 aliphatic rings. The van der Waals surface area contributed by atoms with E-state index in [4.69, 9.17) is 19.4 Å². The van der Waals surface area contributed by atoms with Gasteiger partial charge in [0.05, 0.1) is 17.1 Å². The summed E-state index contributed by atoms with van der Waals surface area (Å²) in [4.78, 5) is 19.6. The Labute approximate surface area is 394 Å². The number of aryl methyl sites for hydroxylation is 1. The van der Waals surface area contributed by atoms with E-state index in [1.165, 1.54) is 0 Å². The molecular formula is C63H42N4O. The van der Waals surface area contributed by atoms with Crippen LogP contribution in [0.1, 0.15) is 5.69 Å². The Balaban J connectivity index is 0.985. The van der Waals surface area contributed by atoms with Gasteiger partial charge >= 0.3 is 0 Å². The van der Waals surface area contributed by atoms with Crippen LogP contribution in [0.15, 0.2) is 241 Å². The number of furan rings is 1. The number of para-hydroxylation sites is 1. The molecule has 0 bridgehead atoms. The van der Waals surface area contributed by atoms with Crippen molar-refractivity contribution >= 4 is 22.1 Å². The molecule has 0 saturated carbocycles. The Morgan fingerprint density at radius 2 is 0.691 bits per heavy atom. The molecule has 0 saturated heterocycles. The molecule has 5 nitrogen and oxygen atoms in total. The summed E-state index contributed by atoms with van der Waals surface area (Å²) in [6.07, 6.45) is 5.96. The molecule has 12 aromatic rings. The van der Waals surface area contributed by atoms with E-state index < -0.39 is 0 Å². The number of benzene rings is 7. The summed E-state index contributed by atoms with van der Waals surface area (Å²) >= 11 is 0. The number of hydrogen-bond acceptors (Lipinski definition) is 5. The molecule has 68 heavy (non-hydrogen) atoms. The second-order valence-electron chi connectivity index (χ2n) is 17.1. The Hall–Kier alpha value is -9.06. The fourth-order valence-corrected chi connectivity index (χ4v) is 9.41. The van der Waals surface area contributed by atoms with Gasteiger partial charge in [-0.05, 0) is 112 Å². The second kappa shape index (κ2) is 17.4. The molecule has 0 fully saturated rings. The van der Waals surface area contributed by atoms with Gasteiger partial charge in [-0.15, -0.1) is 0 Å². The lowest BCUT2D eigenvalue weighted by molar-refractivity contribution is 0.653. The van der Waals surface area contributed by atoms with Gasteiger partial charge < -0.3 is 4.42 Å². The number of hydrogen-bond donors (Lipinski definition) is 0. The van der Waals surface area contributed by atoms with Gasteiger partial charge in [0, 0.05) is 68.4 Å².